The number of hydrogen-bond acceptors (Lipinski definition) is 5. The van der Waals surface area contributed by atoms with Gasteiger partial charge in [0.05, 0.1) is 31.2 Å². The summed E-state index contributed by atoms with van der Waals surface area (Å²) in [5.74, 6) is 0.702. The van der Waals surface area contributed by atoms with Crippen LogP contribution >= 0.6 is 15.9 Å². The molecule has 4 rings (SSSR count). The molecule has 2 aliphatic rings. The number of fused-ring (bicyclic) bond motifs is 1. The van der Waals surface area contributed by atoms with Crippen LogP contribution in [0.2, 0.25) is 0 Å². The number of ether oxygens (including phenoxy) is 1. The third-order valence-electron chi connectivity index (χ3n) is 5.37. The Bertz CT molecular complexity index is 994. The number of carbonyl (C=O) groups excluding carboxylic acids is 1. The Morgan fingerprint density at radius 3 is 2.46 bits per heavy atom. The molecule has 2 aliphatic heterocycles. The monoisotopic (exact) mass is 464 g/mol. The number of benzene rings is 2. The predicted octanol–water partition coefficient (Wildman–Crippen LogP) is 2.47. The van der Waals surface area contributed by atoms with Crippen LogP contribution in [0.15, 0.2) is 53.0 Å². The van der Waals surface area contributed by atoms with E-state index >= 15 is 0 Å². The molecule has 2 atom stereocenters. The lowest BCUT2D eigenvalue weighted by atomic mass is 10.0. The van der Waals surface area contributed by atoms with Crippen molar-refractivity contribution in [2.45, 2.75) is 18.6 Å². The Hall–Kier alpha value is -1.90. The third-order valence-corrected chi connectivity index (χ3v) is 7.60. The van der Waals surface area contributed by atoms with Gasteiger partial charge in [-0.2, -0.15) is 0 Å². The molecular formula is C20H21BrN2O4S. The normalized spacial score (nSPS) is 24.2. The summed E-state index contributed by atoms with van der Waals surface area (Å²) in [6, 6.07) is 14.4. The van der Waals surface area contributed by atoms with Gasteiger partial charge in [-0.3, -0.25) is 9.69 Å². The van der Waals surface area contributed by atoms with Crippen LogP contribution in [0.1, 0.15) is 5.56 Å². The molecule has 0 aliphatic carbocycles. The molecule has 6 nitrogen and oxygen atoms in total. The van der Waals surface area contributed by atoms with Crippen LogP contribution in [0.4, 0.5) is 5.69 Å². The molecule has 0 aromatic heterocycles. The van der Waals surface area contributed by atoms with Crippen molar-refractivity contribution in [1.82, 2.24) is 4.90 Å². The summed E-state index contributed by atoms with van der Waals surface area (Å²) in [5.41, 5.74) is 1.68. The van der Waals surface area contributed by atoms with Crippen molar-refractivity contribution in [3.05, 3.63) is 58.6 Å². The largest absolute Gasteiger partial charge is 0.496 e. The highest BCUT2D eigenvalue weighted by atomic mass is 79.9. The first kappa shape index (κ1) is 19.4. The summed E-state index contributed by atoms with van der Waals surface area (Å²) >= 11 is 3.40. The quantitative estimate of drug-likeness (QED) is 0.694. The van der Waals surface area contributed by atoms with E-state index < -0.39 is 9.84 Å². The van der Waals surface area contributed by atoms with Gasteiger partial charge in [0.25, 0.3) is 0 Å². The predicted molar refractivity (Wildman–Crippen MR) is 111 cm³/mol. The van der Waals surface area contributed by atoms with Crippen molar-refractivity contribution < 1.29 is 17.9 Å². The Kier molecular flexibility index (Phi) is 5.20. The lowest BCUT2D eigenvalue weighted by Gasteiger charge is -2.43. The van der Waals surface area contributed by atoms with Gasteiger partial charge < -0.3 is 9.64 Å². The van der Waals surface area contributed by atoms with Gasteiger partial charge in [-0.15, -0.1) is 0 Å². The molecule has 1 amide bonds. The van der Waals surface area contributed by atoms with Crippen molar-refractivity contribution >= 4 is 37.4 Å². The Labute approximate surface area is 173 Å². The lowest BCUT2D eigenvalue weighted by Crippen LogP contribution is -2.61. The topological polar surface area (TPSA) is 66.9 Å². The molecule has 0 unspecified atom stereocenters. The maximum Gasteiger partial charge on any atom is 0.241 e. The number of para-hydroxylation sites is 1. The zero-order valence-electron chi connectivity index (χ0n) is 15.4. The number of piperazine rings is 1. The van der Waals surface area contributed by atoms with E-state index in [0.717, 1.165) is 21.5 Å². The van der Waals surface area contributed by atoms with Gasteiger partial charge >= 0.3 is 0 Å². The number of hydrogen-bond donors (Lipinski definition) is 0. The average Bonchev–Trinajstić information content (AvgIpc) is 2.98. The second kappa shape index (κ2) is 7.50. The molecule has 2 fully saturated rings. The third kappa shape index (κ3) is 3.68. The fourth-order valence-electron chi connectivity index (χ4n) is 4.12. The van der Waals surface area contributed by atoms with Gasteiger partial charge in [0.2, 0.25) is 5.91 Å². The molecule has 0 N–H and O–H groups in total. The number of rotatable bonds is 4. The van der Waals surface area contributed by atoms with Crippen LogP contribution in [0.25, 0.3) is 0 Å². The SMILES string of the molecule is COc1ccccc1CN1CC(=O)N(c2ccc(Br)cc2)[C@H]2CS(=O)(=O)C[C@H]21. The first-order valence-corrected chi connectivity index (χ1v) is 11.6. The molecule has 148 valence electrons. The molecule has 0 saturated carbocycles. The first-order chi connectivity index (χ1) is 13.4. The summed E-state index contributed by atoms with van der Waals surface area (Å²) < 4.78 is 31.3. The molecule has 0 radical (unpaired) electrons. The Morgan fingerprint density at radius 1 is 1.07 bits per heavy atom. The Balaban J connectivity index is 1.67. The second-order valence-corrected chi connectivity index (χ2v) is 10.2. The molecule has 0 spiro atoms. The summed E-state index contributed by atoms with van der Waals surface area (Å²) in [6.07, 6.45) is 0. The molecule has 2 aromatic rings. The van der Waals surface area contributed by atoms with Crippen LogP contribution < -0.4 is 9.64 Å². The standard InChI is InChI=1S/C20H21BrN2O4S/c1-27-19-5-3-2-4-14(19)10-22-11-20(24)23(16-8-6-15(21)7-9-16)18-13-28(25,26)12-17(18)22/h2-9,17-18H,10-13H2,1H3/t17-,18+/m1/s1. The van der Waals surface area contributed by atoms with E-state index in [-0.39, 0.29) is 36.0 Å². The van der Waals surface area contributed by atoms with Crippen molar-refractivity contribution in [3.8, 4) is 5.75 Å². The van der Waals surface area contributed by atoms with Gasteiger partial charge in [0, 0.05) is 28.3 Å². The fraction of sp³-hybridized carbons (Fsp3) is 0.350. The van der Waals surface area contributed by atoms with E-state index in [1.165, 1.54) is 0 Å². The van der Waals surface area contributed by atoms with Crippen LogP contribution in [0, 0.1) is 0 Å². The zero-order valence-corrected chi connectivity index (χ0v) is 17.8. The van der Waals surface area contributed by atoms with Crippen LogP contribution in [-0.2, 0) is 21.2 Å². The fourth-order valence-corrected chi connectivity index (χ4v) is 6.37. The molecule has 2 saturated heterocycles. The van der Waals surface area contributed by atoms with Gasteiger partial charge in [-0.05, 0) is 30.3 Å². The van der Waals surface area contributed by atoms with Crippen LogP contribution in [0.3, 0.4) is 0 Å². The van der Waals surface area contributed by atoms with Crippen molar-refractivity contribution in [1.29, 1.82) is 0 Å². The summed E-state index contributed by atoms with van der Waals surface area (Å²) in [5, 5.41) is 0. The van der Waals surface area contributed by atoms with Gasteiger partial charge in [0.15, 0.2) is 9.84 Å². The number of anilines is 1. The van der Waals surface area contributed by atoms with E-state index in [0.29, 0.717) is 6.54 Å². The molecule has 28 heavy (non-hydrogen) atoms. The van der Waals surface area contributed by atoms with E-state index in [4.69, 9.17) is 4.74 Å². The minimum atomic E-state index is -3.22. The average molecular weight is 465 g/mol. The smallest absolute Gasteiger partial charge is 0.241 e. The number of sulfone groups is 1. The number of halogens is 1. The molecule has 2 aromatic carbocycles. The molecular weight excluding hydrogens is 444 g/mol. The number of methoxy groups -OCH3 is 1. The minimum absolute atomic E-state index is 0.0120. The maximum atomic E-state index is 13.0. The van der Waals surface area contributed by atoms with Crippen LogP contribution in [0.5, 0.6) is 5.75 Å². The van der Waals surface area contributed by atoms with E-state index in [9.17, 15) is 13.2 Å². The maximum absolute atomic E-state index is 13.0. The van der Waals surface area contributed by atoms with Crippen molar-refractivity contribution in [2.75, 3.05) is 30.1 Å². The summed E-state index contributed by atoms with van der Waals surface area (Å²) in [4.78, 5) is 16.7. The van der Waals surface area contributed by atoms with Crippen LogP contribution in [-0.4, -0.2) is 56.5 Å². The van der Waals surface area contributed by atoms with Crippen molar-refractivity contribution in [3.63, 3.8) is 0 Å². The zero-order chi connectivity index (χ0) is 19.9. The van der Waals surface area contributed by atoms with E-state index in [1.807, 2.05) is 53.4 Å². The second-order valence-electron chi connectivity index (χ2n) is 7.17. The Morgan fingerprint density at radius 2 is 1.75 bits per heavy atom. The molecule has 8 heteroatoms. The molecule has 0 bridgehead atoms. The van der Waals surface area contributed by atoms with Gasteiger partial charge in [-0.1, -0.05) is 34.1 Å². The number of carbonyl (C=O) groups is 1. The van der Waals surface area contributed by atoms with Crippen molar-refractivity contribution in [2.24, 2.45) is 0 Å². The lowest BCUT2D eigenvalue weighted by molar-refractivity contribution is -0.123. The van der Waals surface area contributed by atoms with E-state index in [1.54, 1.807) is 12.0 Å². The highest BCUT2D eigenvalue weighted by Gasteiger charge is 2.49. The summed E-state index contributed by atoms with van der Waals surface area (Å²) in [6.45, 7) is 0.644. The number of nitrogens with zero attached hydrogens (tertiary/aromatic N) is 2. The van der Waals surface area contributed by atoms with Gasteiger partial charge in [-0.25, -0.2) is 8.42 Å². The minimum Gasteiger partial charge on any atom is -0.496 e. The number of amides is 1. The van der Waals surface area contributed by atoms with Gasteiger partial charge in [0.1, 0.15) is 5.75 Å². The first-order valence-electron chi connectivity index (χ1n) is 9.02. The summed E-state index contributed by atoms with van der Waals surface area (Å²) in [7, 11) is -1.61. The van der Waals surface area contributed by atoms with E-state index in [2.05, 4.69) is 15.9 Å². The highest BCUT2D eigenvalue weighted by molar-refractivity contribution is 9.10. The molecule has 2 heterocycles. The highest BCUT2D eigenvalue weighted by Crippen LogP contribution is 2.33.